The third kappa shape index (κ3) is 3.83. The van der Waals surface area contributed by atoms with Gasteiger partial charge in [0.2, 0.25) is 0 Å². The molecular weight excluding hydrogens is 370 g/mol. The Bertz CT molecular complexity index is 740. The Labute approximate surface area is 138 Å². The maximum absolute atomic E-state index is 12.0. The van der Waals surface area contributed by atoms with Crippen LogP contribution in [-0.4, -0.2) is 26.8 Å². The quantitative estimate of drug-likeness (QED) is 0.789. The second kappa shape index (κ2) is 6.89. The summed E-state index contributed by atoms with van der Waals surface area (Å²) in [5, 5.41) is 0. The summed E-state index contributed by atoms with van der Waals surface area (Å²) < 4.78 is 13.7. The Hall–Kier alpha value is -1.93. The highest BCUT2D eigenvalue weighted by atomic mass is 79.9. The van der Waals surface area contributed by atoms with Crippen molar-refractivity contribution in [3.63, 3.8) is 0 Å². The summed E-state index contributed by atoms with van der Waals surface area (Å²) in [5.41, 5.74) is 5.46. The zero-order valence-electron chi connectivity index (χ0n) is 11.9. The molecule has 2 amide bonds. The molecule has 0 spiro atoms. The number of amides is 2. The van der Waals surface area contributed by atoms with Crippen molar-refractivity contribution >= 4 is 38.5 Å². The van der Waals surface area contributed by atoms with Crippen molar-refractivity contribution < 1.29 is 13.8 Å². The zero-order valence-corrected chi connectivity index (χ0v) is 14.3. The molecule has 2 rings (SSSR count). The fourth-order valence-corrected chi connectivity index (χ4v) is 2.84. The fraction of sp³-hybridized carbons (Fsp3) is 0.143. The highest BCUT2D eigenvalue weighted by Crippen LogP contribution is 2.13. The third-order valence-corrected chi connectivity index (χ3v) is 4.31. The maximum atomic E-state index is 12.0. The molecule has 0 saturated heterocycles. The molecule has 0 aliphatic carbocycles. The van der Waals surface area contributed by atoms with Crippen LogP contribution in [0.2, 0.25) is 0 Å². The summed E-state index contributed by atoms with van der Waals surface area (Å²) in [6.07, 6.45) is 3.30. The van der Waals surface area contributed by atoms with Crippen LogP contribution in [0.1, 0.15) is 20.8 Å². The summed E-state index contributed by atoms with van der Waals surface area (Å²) in [6, 6.07) is 7.98. The maximum Gasteiger partial charge on any atom is 0.286 e. The van der Waals surface area contributed by atoms with Gasteiger partial charge in [0.05, 0.1) is 0 Å². The van der Waals surface area contributed by atoms with Crippen LogP contribution < -0.4 is 10.9 Å². The smallest absolute Gasteiger partial charge is 0.286 e. The molecule has 2 N–H and O–H groups in total. The van der Waals surface area contributed by atoms with Crippen molar-refractivity contribution in [1.29, 1.82) is 0 Å². The standard InChI is InChI=1S/C14H14BrN3O3S/c1-18-8-10(15)7-12(18)14(20)17-16-13(19)9-3-5-11(6-4-9)22(2)21/h3-8H,1-2H3,(H,16,19)(H,17,20)/t22-/m0/s1. The Morgan fingerprint density at radius 1 is 1.14 bits per heavy atom. The SMILES string of the molecule is Cn1cc(Br)cc1C(=O)NNC(=O)c1ccc([S@](C)=O)cc1. The van der Waals surface area contributed by atoms with Crippen molar-refractivity contribution in [2.24, 2.45) is 7.05 Å². The Morgan fingerprint density at radius 3 is 2.23 bits per heavy atom. The van der Waals surface area contributed by atoms with E-state index in [4.69, 9.17) is 0 Å². The topological polar surface area (TPSA) is 80.2 Å². The van der Waals surface area contributed by atoms with Gasteiger partial charge >= 0.3 is 0 Å². The first-order valence-corrected chi connectivity index (χ1v) is 8.59. The van der Waals surface area contributed by atoms with Crippen LogP contribution in [0.15, 0.2) is 45.9 Å². The van der Waals surface area contributed by atoms with E-state index in [1.165, 1.54) is 0 Å². The van der Waals surface area contributed by atoms with E-state index in [-0.39, 0.29) is 0 Å². The van der Waals surface area contributed by atoms with E-state index in [0.717, 1.165) is 4.47 Å². The average Bonchev–Trinajstić information content (AvgIpc) is 2.83. The van der Waals surface area contributed by atoms with Crippen LogP contribution in [0.5, 0.6) is 0 Å². The van der Waals surface area contributed by atoms with Crippen LogP contribution in [0.25, 0.3) is 0 Å². The largest absolute Gasteiger partial charge is 0.345 e. The molecule has 0 aliphatic heterocycles. The lowest BCUT2D eigenvalue weighted by Gasteiger charge is -2.08. The second-order valence-electron chi connectivity index (χ2n) is 4.54. The number of rotatable bonds is 3. The molecule has 0 saturated carbocycles. The first kappa shape index (κ1) is 16.4. The Kier molecular flexibility index (Phi) is 5.15. The molecular formula is C14H14BrN3O3S. The van der Waals surface area contributed by atoms with Gasteiger partial charge in [0.15, 0.2) is 0 Å². The molecule has 0 aliphatic rings. The zero-order chi connectivity index (χ0) is 16.3. The number of benzene rings is 1. The monoisotopic (exact) mass is 383 g/mol. The number of hydrazine groups is 1. The van der Waals surface area contributed by atoms with E-state index in [1.807, 2.05) is 0 Å². The van der Waals surface area contributed by atoms with Crippen LogP contribution in [0, 0.1) is 0 Å². The summed E-state index contributed by atoms with van der Waals surface area (Å²) in [7, 11) is 0.632. The molecule has 1 heterocycles. The second-order valence-corrected chi connectivity index (χ2v) is 6.84. The van der Waals surface area contributed by atoms with Gasteiger partial charge in [0.25, 0.3) is 11.8 Å². The Balaban J connectivity index is 1.99. The molecule has 0 bridgehead atoms. The Morgan fingerprint density at radius 2 is 1.73 bits per heavy atom. The minimum Gasteiger partial charge on any atom is -0.345 e. The number of nitrogens with zero attached hydrogens (tertiary/aromatic N) is 1. The predicted octanol–water partition coefficient (Wildman–Crippen LogP) is 1.60. The minimum atomic E-state index is -1.10. The van der Waals surface area contributed by atoms with Gasteiger partial charge in [-0.25, -0.2) is 0 Å². The minimum absolute atomic E-state index is 0.363. The first-order valence-electron chi connectivity index (χ1n) is 6.24. The predicted molar refractivity (Wildman–Crippen MR) is 86.8 cm³/mol. The molecule has 6 nitrogen and oxygen atoms in total. The number of aryl methyl sites for hydroxylation is 1. The highest BCUT2D eigenvalue weighted by molar-refractivity contribution is 9.10. The van der Waals surface area contributed by atoms with Crippen molar-refractivity contribution in [2.75, 3.05) is 6.26 Å². The lowest BCUT2D eigenvalue weighted by atomic mass is 10.2. The molecule has 1 aromatic carbocycles. The number of hydrogen-bond donors (Lipinski definition) is 2. The van der Waals surface area contributed by atoms with Gasteiger partial charge in [0, 0.05) is 45.2 Å². The van der Waals surface area contributed by atoms with E-state index < -0.39 is 22.6 Å². The van der Waals surface area contributed by atoms with Gasteiger partial charge in [-0.2, -0.15) is 0 Å². The van der Waals surface area contributed by atoms with Crippen molar-refractivity contribution in [3.05, 3.63) is 52.3 Å². The number of aromatic nitrogens is 1. The molecule has 8 heteroatoms. The fourth-order valence-electron chi connectivity index (χ4n) is 1.80. The van der Waals surface area contributed by atoms with Gasteiger partial charge in [0.1, 0.15) is 5.69 Å². The number of carbonyl (C=O) groups excluding carboxylic acids is 2. The lowest BCUT2D eigenvalue weighted by molar-refractivity contribution is 0.0842. The van der Waals surface area contributed by atoms with E-state index in [0.29, 0.717) is 16.2 Å². The molecule has 1 atom stereocenters. The highest BCUT2D eigenvalue weighted by Gasteiger charge is 2.12. The molecule has 0 unspecified atom stereocenters. The van der Waals surface area contributed by atoms with Gasteiger partial charge in [-0.15, -0.1) is 0 Å². The van der Waals surface area contributed by atoms with E-state index in [2.05, 4.69) is 26.8 Å². The van der Waals surface area contributed by atoms with Crippen LogP contribution in [-0.2, 0) is 17.8 Å². The first-order chi connectivity index (χ1) is 10.4. The summed E-state index contributed by atoms with van der Waals surface area (Å²) >= 11 is 3.27. The van der Waals surface area contributed by atoms with Crippen molar-refractivity contribution in [1.82, 2.24) is 15.4 Å². The van der Waals surface area contributed by atoms with Crippen LogP contribution in [0.3, 0.4) is 0 Å². The van der Waals surface area contributed by atoms with Gasteiger partial charge in [-0.05, 0) is 46.3 Å². The summed E-state index contributed by atoms with van der Waals surface area (Å²) in [6.45, 7) is 0. The van der Waals surface area contributed by atoms with Crippen LogP contribution in [0.4, 0.5) is 0 Å². The van der Waals surface area contributed by atoms with Gasteiger partial charge in [-0.3, -0.25) is 24.6 Å². The van der Waals surface area contributed by atoms with Gasteiger partial charge in [-0.1, -0.05) is 0 Å². The van der Waals surface area contributed by atoms with Crippen molar-refractivity contribution in [3.8, 4) is 0 Å². The number of hydrogen-bond acceptors (Lipinski definition) is 3. The van der Waals surface area contributed by atoms with Crippen molar-refractivity contribution in [2.45, 2.75) is 4.90 Å². The molecule has 22 heavy (non-hydrogen) atoms. The van der Waals surface area contributed by atoms with E-state index >= 15 is 0 Å². The average molecular weight is 384 g/mol. The van der Waals surface area contributed by atoms with Gasteiger partial charge < -0.3 is 4.57 Å². The number of halogens is 1. The summed E-state index contributed by atoms with van der Waals surface area (Å²) in [4.78, 5) is 24.5. The number of carbonyl (C=O) groups is 2. The summed E-state index contributed by atoms with van der Waals surface area (Å²) in [5.74, 6) is -0.872. The van der Waals surface area contributed by atoms with E-state index in [9.17, 15) is 13.8 Å². The third-order valence-electron chi connectivity index (χ3n) is 2.94. The molecule has 2 aromatic rings. The lowest BCUT2D eigenvalue weighted by Crippen LogP contribution is -2.42. The molecule has 0 radical (unpaired) electrons. The molecule has 0 fully saturated rings. The normalized spacial score (nSPS) is 11.8. The number of nitrogens with one attached hydrogen (secondary N) is 2. The molecule has 116 valence electrons. The van der Waals surface area contributed by atoms with Crippen LogP contribution >= 0.6 is 15.9 Å². The molecule has 1 aromatic heterocycles. The van der Waals surface area contributed by atoms with E-state index in [1.54, 1.807) is 54.4 Å².